The van der Waals surface area contributed by atoms with Gasteiger partial charge in [-0.25, -0.2) is 8.42 Å². The van der Waals surface area contributed by atoms with Crippen LogP contribution in [-0.4, -0.2) is 29.1 Å². The van der Waals surface area contributed by atoms with Crippen molar-refractivity contribution < 1.29 is 18.3 Å². The van der Waals surface area contributed by atoms with Crippen LogP contribution >= 0.6 is 11.5 Å². The molecule has 0 aliphatic carbocycles. The zero-order valence-corrected chi connectivity index (χ0v) is 11.1. The standard InChI is InChI=1S/C10H9N3O4S2/c14-10(15)5-7-1-3-8(4-2-7)19(16,17)12-9-6-11-13-18-9/h1-4,6,12H,5H2,(H,14,15). The number of nitrogens with one attached hydrogen (secondary N) is 1. The number of carboxylic acid groups (broad SMARTS) is 1. The molecule has 0 saturated heterocycles. The molecular formula is C10H9N3O4S2. The average molecular weight is 299 g/mol. The number of aliphatic carboxylic acids is 1. The van der Waals surface area contributed by atoms with Gasteiger partial charge in [0.05, 0.1) is 17.5 Å². The molecule has 0 amide bonds. The summed E-state index contributed by atoms with van der Waals surface area (Å²) in [7, 11) is -3.70. The molecule has 0 fully saturated rings. The van der Waals surface area contributed by atoms with Crippen LogP contribution in [0.5, 0.6) is 0 Å². The van der Waals surface area contributed by atoms with Crippen LogP contribution in [0.25, 0.3) is 0 Å². The van der Waals surface area contributed by atoms with E-state index in [-0.39, 0.29) is 11.3 Å². The summed E-state index contributed by atoms with van der Waals surface area (Å²) >= 11 is 0.927. The van der Waals surface area contributed by atoms with Crippen molar-refractivity contribution in [1.29, 1.82) is 0 Å². The van der Waals surface area contributed by atoms with E-state index in [1.54, 1.807) is 0 Å². The molecule has 1 aromatic heterocycles. The Labute approximate surface area is 113 Å². The quantitative estimate of drug-likeness (QED) is 0.851. The van der Waals surface area contributed by atoms with Gasteiger partial charge in [-0.3, -0.25) is 9.52 Å². The number of rotatable bonds is 5. The molecule has 0 bridgehead atoms. The Bertz CT molecular complexity index is 665. The molecule has 0 atom stereocenters. The SMILES string of the molecule is O=C(O)Cc1ccc(S(=O)(=O)Nc2cnns2)cc1. The molecular weight excluding hydrogens is 290 g/mol. The molecule has 0 aliphatic heterocycles. The number of nitrogens with zero attached hydrogens (tertiary/aromatic N) is 2. The third-order valence-corrected chi connectivity index (χ3v) is 4.28. The van der Waals surface area contributed by atoms with E-state index in [2.05, 4.69) is 14.3 Å². The Morgan fingerprint density at radius 2 is 2.00 bits per heavy atom. The molecule has 100 valence electrons. The second-order valence-electron chi connectivity index (χ2n) is 3.60. The summed E-state index contributed by atoms with van der Waals surface area (Å²) in [5.74, 6) is -0.968. The highest BCUT2D eigenvalue weighted by Gasteiger charge is 2.15. The number of benzene rings is 1. The van der Waals surface area contributed by atoms with Crippen LogP contribution in [0.4, 0.5) is 5.00 Å². The van der Waals surface area contributed by atoms with Gasteiger partial charge < -0.3 is 5.11 Å². The topological polar surface area (TPSA) is 109 Å². The van der Waals surface area contributed by atoms with Gasteiger partial charge in [-0.1, -0.05) is 16.6 Å². The lowest BCUT2D eigenvalue weighted by Gasteiger charge is -2.05. The second-order valence-corrected chi connectivity index (χ2v) is 6.07. The van der Waals surface area contributed by atoms with Gasteiger partial charge in [0.15, 0.2) is 0 Å². The molecule has 2 aromatic rings. The average Bonchev–Trinajstić information content (AvgIpc) is 2.81. The lowest BCUT2D eigenvalue weighted by molar-refractivity contribution is -0.136. The van der Waals surface area contributed by atoms with Crippen molar-refractivity contribution in [1.82, 2.24) is 9.59 Å². The van der Waals surface area contributed by atoms with Crippen LogP contribution in [0, 0.1) is 0 Å². The zero-order valence-electron chi connectivity index (χ0n) is 9.48. The highest BCUT2D eigenvalue weighted by Crippen LogP contribution is 2.18. The van der Waals surface area contributed by atoms with Gasteiger partial charge in [0.1, 0.15) is 5.00 Å². The minimum atomic E-state index is -3.70. The Kier molecular flexibility index (Phi) is 3.76. The van der Waals surface area contributed by atoms with Crippen molar-refractivity contribution in [3.05, 3.63) is 36.0 Å². The fourth-order valence-electron chi connectivity index (χ4n) is 1.36. The summed E-state index contributed by atoms with van der Waals surface area (Å²) < 4.78 is 29.8. The van der Waals surface area contributed by atoms with Crippen LogP contribution < -0.4 is 4.72 Å². The first-order chi connectivity index (χ1) is 8.97. The van der Waals surface area contributed by atoms with Crippen molar-refractivity contribution in [3.63, 3.8) is 0 Å². The Morgan fingerprint density at radius 3 is 2.53 bits per heavy atom. The number of hydrogen-bond donors (Lipinski definition) is 2. The maximum absolute atomic E-state index is 12.0. The highest BCUT2D eigenvalue weighted by molar-refractivity contribution is 7.93. The van der Waals surface area contributed by atoms with Gasteiger partial charge in [0.2, 0.25) is 0 Å². The van der Waals surface area contributed by atoms with Crippen LogP contribution in [-0.2, 0) is 21.2 Å². The third kappa shape index (κ3) is 3.48. The van der Waals surface area contributed by atoms with E-state index in [1.807, 2.05) is 0 Å². The van der Waals surface area contributed by atoms with E-state index in [1.165, 1.54) is 30.5 Å². The van der Waals surface area contributed by atoms with E-state index < -0.39 is 16.0 Å². The van der Waals surface area contributed by atoms with E-state index >= 15 is 0 Å². The first-order valence-corrected chi connectivity index (χ1v) is 7.34. The molecule has 0 saturated carbocycles. The van der Waals surface area contributed by atoms with Gasteiger partial charge in [0.25, 0.3) is 10.0 Å². The van der Waals surface area contributed by atoms with E-state index in [0.29, 0.717) is 10.6 Å². The summed E-state index contributed by atoms with van der Waals surface area (Å²) in [5.41, 5.74) is 0.533. The number of aromatic nitrogens is 2. The molecule has 9 heteroatoms. The van der Waals surface area contributed by atoms with Crippen LogP contribution in [0.2, 0.25) is 0 Å². The lowest BCUT2D eigenvalue weighted by atomic mass is 10.2. The van der Waals surface area contributed by atoms with E-state index in [9.17, 15) is 13.2 Å². The third-order valence-electron chi connectivity index (χ3n) is 2.19. The van der Waals surface area contributed by atoms with Gasteiger partial charge in [0, 0.05) is 11.5 Å². The number of hydrogen-bond acceptors (Lipinski definition) is 6. The maximum Gasteiger partial charge on any atom is 0.307 e. The Morgan fingerprint density at radius 1 is 1.32 bits per heavy atom. The first-order valence-electron chi connectivity index (χ1n) is 5.08. The summed E-state index contributed by atoms with van der Waals surface area (Å²) in [6, 6.07) is 5.64. The van der Waals surface area contributed by atoms with Gasteiger partial charge in [-0.15, -0.1) is 5.10 Å². The first kappa shape index (κ1) is 13.4. The molecule has 0 spiro atoms. The highest BCUT2D eigenvalue weighted by atomic mass is 32.2. The number of anilines is 1. The molecule has 0 unspecified atom stereocenters. The minimum Gasteiger partial charge on any atom is -0.481 e. The molecule has 19 heavy (non-hydrogen) atoms. The van der Waals surface area contributed by atoms with Gasteiger partial charge in [-0.05, 0) is 17.7 Å². The molecule has 2 N–H and O–H groups in total. The summed E-state index contributed by atoms with van der Waals surface area (Å²) in [6.45, 7) is 0. The van der Waals surface area contributed by atoms with Crippen molar-refractivity contribution >= 4 is 32.5 Å². The maximum atomic E-state index is 12.0. The number of sulfonamides is 1. The lowest BCUT2D eigenvalue weighted by Crippen LogP contribution is -2.12. The van der Waals surface area contributed by atoms with Crippen molar-refractivity contribution in [3.8, 4) is 0 Å². The van der Waals surface area contributed by atoms with Gasteiger partial charge >= 0.3 is 5.97 Å². The fourth-order valence-corrected chi connectivity index (χ4v) is 3.05. The minimum absolute atomic E-state index is 0.0510. The number of carboxylic acids is 1. The molecule has 0 aliphatic rings. The van der Waals surface area contributed by atoms with E-state index in [4.69, 9.17) is 5.11 Å². The largest absolute Gasteiger partial charge is 0.481 e. The smallest absolute Gasteiger partial charge is 0.307 e. The Hall–Kier alpha value is -2.00. The van der Waals surface area contributed by atoms with Crippen LogP contribution in [0.3, 0.4) is 0 Å². The second kappa shape index (κ2) is 5.33. The fraction of sp³-hybridized carbons (Fsp3) is 0.100. The number of carbonyl (C=O) groups is 1. The van der Waals surface area contributed by atoms with Crippen molar-refractivity contribution in [2.24, 2.45) is 0 Å². The Balaban J connectivity index is 2.19. The molecule has 2 rings (SSSR count). The predicted molar refractivity (Wildman–Crippen MR) is 68.5 cm³/mol. The van der Waals surface area contributed by atoms with Crippen LogP contribution in [0.15, 0.2) is 35.4 Å². The summed E-state index contributed by atoms with van der Waals surface area (Å²) in [4.78, 5) is 10.6. The monoisotopic (exact) mass is 299 g/mol. The summed E-state index contributed by atoms with van der Waals surface area (Å²) in [5, 5.41) is 12.5. The van der Waals surface area contributed by atoms with Crippen molar-refractivity contribution in [2.45, 2.75) is 11.3 Å². The summed E-state index contributed by atoms with van der Waals surface area (Å²) in [6.07, 6.45) is 1.16. The molecule has 1 heterocycles. The molecule has 7 nitrogen and oxygen atoms in total. The zero-order chi connectivity index (χ0) is 13.9. The van der Waals surface area contributed by atoms with Crippen molar-refractivity contribution in [2.75, 3.05) is 4.72 Å². The van der Waals surface area contributed by atoms with Crippen LogP contribution in [0.1, 0.15) is 5.56 Å². The van der Waals surface area contributed by atoms with Gasteiger partial charge in [-0.2, -0.15) is 0 Å². The molecule has 1 aromatic carbocycles. The normalized spacial score (nSPS) is 11.2. The predicted octanol–water partition coefficient (Wildman–Crippen LogP) is 0.966. The molecule has 0 radical (unpaired) electrons. The van der Waals surface area contributed by atoms with E-state index in [0.717, 1.165) is 11.5 Å².